The van der Waals surface area contributed by atoms with Crippen molar-refractivity contribution >= 4 is 15.9 Å². The lowest BCUT2D eigenvalue weighted by atomic mass is 9.83. The molecule has 0 aromatic heterocycles. The van der Waals surface area contributed by atoms with E-state index in [0.717, 1.165) is 24.5 Å². The third-order valence-electron chi connectivity index (χ3n) is 4.75. The third kappa shape index (κ3) is 6.62. The zero-order chi connectivity index (χ0) is 14.0. The molecule has 0 aromatic carbocycles. The fraction of sp³-hybridized carbons (Fsp3) is 1.00. The highest BCUT2D eigenvalue weighted by molar-refractivity contribution is 9.09. The minimum atomic E-state index is 0.430. The Labute approximate surface area is 129 Å². The van der Waals surface area contributed by atoms with Crippen molar-refractivity contribution in [3.8, 4) is 0 Å². The molecule has 1 saturated carbocycles. The molecular weight excluding hydrogens is 300 g/mol. The van der Waals surface area contributed by atoms with Gasteiger partial charge in [-0.3, -0.25) is 0 Å². The summed E-state index contributed by atoms with van der Waals surface area (Å²) in [5.41, 5.74) is 0.430. The van der Waals surface area contributed by atoms with Crippen molar-refractivity contribution in [3.63, 3.8) is 0 Å². The van der Waals surface area contributed by atoms with Crippen LogP contribution in [0.1, 0.15) is 78.1 Å². The number of unbranched alkanes of at least 4 members (excludes halogenated alkanes) is 1. The van der Waals surface area contributed by atoms with Gasteiger partial charge in [-0.15, -0.1) is 0 Å². The molecule has 0 amide bonds. The van der Waals surface area contributed by atoms with Gasteiger partial charge in [0.25, 0.3) is 0 Å². The van der Waals surface area contributed by atoms with Gasteiger partial charge in [0.05, 0.1) is 6.61 Å². The maximum atomic E-state index is 6.14. The zero-order valence-electron chi connectivity index (χ0n) is 13.1. The maximum absolute atomic E-state index is 6.14. The van der Waals surface area contributed by atoms with Crippen molar-refractivity contribution < 1.29 is 4.74 Å². The second kappa shape index (κ2) is 10.2. The van der Waals surface area contributed by atoms with Gasteiger partial charge in [0.15, 0.2) is 0 Å². The Bertz CT molecular complexity index is 209. The molecular formula is C17H33BrO. The largest absolute Gasteiger partial charge is 0.381 e. The number of hydrogen-bond donors (Lipinski definition) is 0. The Morgan fingerprint density at radius 3 is 2.32 bits per heavy atom. The summed E-state index contributed by atoms with van der Waals surface area (Å²) in [5, 5.41) is 1.12. The van der Waals surface area contributed by atoms with Crippen LogP contribution in [0.2, 0.25) is 0 Å². The average Bonchev–Trinajstić information content (AvgIpc) is 2.69. The Morgan fingerprint density at radius 2 is 1.79 bits per heavy atom. The fourth-order valence-electron chi connectivity index (χ4n) is 3.14. The lowest BCUT2D eigenvalue weighted by Crippen LogP contribution is -2.29. The first-order valence-electron chi connectivity index (χ1n) is 8.40. The summed E-state index contributed by atoms with van der Waals surface area (Å²) in [6.07, 6.45) is 13.6. The van der Waals surface area contributed by atoms with E-state index in [1.54, 1.807) is 0 Å². The second-order valence-electron chi connectivity index (χ2n) is 6.48. The molecule has 0 bridgehead atoms. The Balaban J connectivity index is 2.31. The lowest BCUT2D eigenvalue weighted by molar-refractivity contribution is 0.0253. The van der Waals surface area contributed by atoms with Crippen molar-refractivity contribution in [2.24, 2.45) is 11.3 Å². The van der Waals surface area contributed by atoms with E-state index in [-0.39, 0.29) is 0 Å². The molecule has 0 aliphatic heterocycles. The van der Waals surface area contributed by atoms with Crippen LogP contribution in [0.4, 0.5) is 0 Å². The van der Waals surface area contributed by atoms with Gasteiger partial charge in [-0.2, -0.15) is 0 Å². The zero-order valence-corrected chi connectivity index (χ0v) is 14.6. The van der Waals surface area contributed by atoms with Gasteiger partial charge in [0.2, 0.25) is 0 Å². The summed E-state index contributed by atoms with van der Waals surface area (Å²) in [6, 6.07) is 0. The molecule has 0 N–H and O–H groups in total. The van der Waals surface area contributed by atoms with Crippen molar-refractivity contribution in [3.05, 3.63) is 0 Å². The quantitative estimate of drug-likeness (QED) is 0.374. The van der Waals surface area contributed by atoms with Crippen molar-refractivity contribution in [1.82, 2.24) is 0 Å². The third-order valence-corrected chi connectivity index (χ3v) is 5.94. The van der Waals surface area contributed by atoms with Crippen molar-refractivity contribution in [1.29, 1.82) is 0 Å². The highest BCUT2D eigenvalue weighted by Gasteiger charge is 2.30. The number of alkyl halides is 1. The first-order valence-corrected chi connectivity index (χ1v) is 9.52. The Kier molecular flexibility index (Phi) is 9.40. The van der Waals surface area contributed by atoms with E-state index < -0.39 is 0 Å². The summed E-state index contributed by atoms with van der Waals surface area (Å²) in [7, 11) is 0. The molecule has 1 unspecified atom stereocenters. The molecule has 0 aromatic rings. The summed E-state index contributed by atoms with van der Waals surface area (Å²) >= 11 is 3.75. The van der Waals surface area contributed by atoms with Gasteiger partial charge in [0.1, 0.15) is 0 Å². The van der Waals surface area contributed by atoms with Crippen LogP contribution in [0.25, 0.3) is 0 Å². The van der Waals surface area contributed by atoms with E-state index in [1.165, 1.54) is 64.2 Å². The molecule has 1 atom stereocenters. The van der Waals surface area contributed by atoms with Crippen LogP contribution in [0.15, 0.2) is 0 Å². The normalized spacial score (nSPS) is 21.0. The molecule has 1 aliphatic carbocycles. The van der Waals surface area contributed by atoms with Crippen LogP contribution in [0, 0.1) is 11.3 Å². The number of halogens is 1. The standard InChI is InChI=1S/C17H33BrO/c1-3-5-10-16(4-2)13-19-15-17(14-18)11-8-6-7-9-12-17/h16H,3-15H2,1-2H3. The number of ether oxygens (including phenoxy) is 1. The van der Waals surface area contributed by atoms with E-state index in [1.807, 2.05) is 0 Å². The minimum absolute atomic E-state index is 0.430. The fourth-order valence-corrected chi connectivity index (χ4v) is 3.86. The Morgan fingerprint density at radius 1 is 1.11 bits per heavy atom. The molecule has 0 spiro atoms. The topological polar surface area (TPSA) is 9.23 Å². The van der Waals surface area contributed by atoms with Gasteiger partial charge in [-0.05, 0) is 25.2 Å². The highest BCUT2D eigenvalue weighted by Crippen LogP contribution is 2.37. The van der Waals surface area contributed by atoms with E-state index in [0.29, 0.717) is 5.41 Å². The molecule has 114 valence electrons. The highest BCUT2D eigenvalue weighted by atomic mass is 79.9. The summed E-state index contributed by atoms with van der Waals surface area (Å²) in [6.45, 7) is 6.53. The molecule has 0 heterocycles. The second-order valence-corrected chi connectivity index (χ2v) is 7.04. The van der Waals surface area contributed by atoms with Crippen LogP contribution >= 0.6 is 15.9 Å². The van der Waals surface area contributed by atoms with Crippen LogP contribution in [0.5, 0.6) is 0 Å². The Hall–Kier alpha value is 0.440. The number of hydrogen-bond acceptors (Lipinski definition) is 1. The summed E-state index contributed by atoms with van der Waals surface area (Å²) < 4.78 is 6.14. The van der Waals surface area contributed by atoms with Gasteiger partial charge in [-0.1, -0.05) is 74.7 Å². The van der Waals surface area contributed by atoms with Crippen molar-refractivity contribution in [2.75, 3.05) is 18.5 Å². The maximum Gasteiger partial charge on any atom is 0.0530 e. The first kappa shape index (κ1) is 17.5. The predicted molar refractivity (Wildman–Crippen MR) is 88.1 cm³/mol. The number of rotatable bonds is 9. The lowest BCUT2D eigenvalue weighted by Gasteiger charge is -2.31. The smallest absolute Gasteiger partial charge is 0.0530 e. The van der Waals surface area contributed by atoms with Gasteiger partial charge < -0.3 is 4.74 Å². The molecule has 19 heavy (non-hydrogen) atoms. The van der Waals surface area contributed by atoms with Gasteiger partial charge in [-0.25, -0.2) is 0 Å². The molecule has 0 radical (unpaired) electrons. The van der Waals surface area contributed by atoms with Gasteiger partial charge >= 0.3 is 0 Å². The molecule has 2 heteroatoms. The average molecular weight is 333 g/mol. The summed E-state index contributed by atoms with van der Waals surface area (Å²) in [4.78, 5) is 0. The minimum Gasteiger partial charge on any atom is -0.381 e. The SMILES string of the molecule is CCCCC(CC)COCC1(CBr)CCCCCC1. The van der Waals surface area contributed by atoms with Crippen LogP contribution in [-0.4, -0.2) is 18.5 Å². The van der Waals surface area contributed by atoms with E-state index in [2.05, 4.69) is 29.8 Å². The molecule has 0 saturated heterocycles. The molecule has 1 aliphatic rings. The molecule has 1 fully saturated rings. The van der Waals surface area contributed by atoms with E-state index >= 15 is 0 Å². The van der Waals surface area contributed by atoms with E-state index in [4.69, 9.17) is 4.74 Å². The van der Waals surface area contributed by atoms with Crippen LogP contribution < -0.4 is 0 Å². The molecule has 1 nitrogen and oxygen atoms in total. The molecule has 1 rings (SSSR count). The van der Waals surface area contributed by atoms with E-state index in [9.17, 15) is 0 Å². The van der Waals surface area contributed by atoms with Crippen LogP contribution in [0.3, 0.4) is 0 Å². The predicted octanol–water partition coefficient (Wildman–Crippen LogP) is 5.95. The van der Waals surface area contributed by atoms with Crippen LogP contribution in [-0.2, 0) is 4.74 Å². The summed E-state index contributed by atoms with van der Waals surface area (Å²) in [5.74, 6) is 0.776. The monoisotopic (exact) mass is 332 g/mol. The first-order chi connectivity index (χ1) is 9.26. The van der Waals surface area contributed by atoms with Gasteiger partial charge in [0, 0.05) is 17.4 Å². The van der Waals surface area contributed by atoms with Crippen molar-refractivity contribution in [2.45, 2.75) is 78.1 Å².